The van der Waals surface area contributed by atoms with E-state index in [1.165, 1.54) is 49.5 Å². The average molecular weight is 1950 g/mol. The van der Waals surface area contributed by atoms with Crippen molar-refractivity contribution in [2.75, 3.05) is 65.4 Å². The normalized spacial score (nSPS) is 23.8. The van der Waals surface area contributed by atoms with Crippen molar-refractivity contribution in [2.24, 2.45) is 29.0 Å². The average Bonchev–Trinajstić information content (AvgIpc) is 1.48. The number of aromatic hydroxyl groups is 1. The van der Waals surface area contributed by atoms with Crippen LogP contribution in [0.25, 0.3) is 21.8 Å². The van der Waals surface area contributed by atoms with Gasteiger partial charge in [-0.2, -0.15) is 13.2 Å². The van der Waals surface area contributed by atoms with Crippen LogP contribution >= 0.6 is 11.8 Å². The number of aromatic nitrogens is 4. The number of rotatable bonds is 28. The Hall–Kier alpha value is -13.5. The lowest BCUT2D eigenvalue weighted by atomic mass is 9.90. The summed E-state index contributed by atoms with van der Waals surface area (Å²) < 4.78 is 43.0. The van der Waals surface area contributed by atoms with Crippen LogP contribution in [0.15, 0.2) is 97.7 Å². The number of thioether (sulfide) groups is 1. The third-order valence-electron chi connectivity index (χ3n) is 24.0. The molecule has 2 fully saturated rings. The number of hydrogen-bond donors (Lipinski definition) is 18. The first kappa shape index (κ1) is 110. The molecule has 14 atom stereocenters. The molecular weight excluding hydrogens is 1820 g/mol. The zero-order valence-electron chi connectivity index (χ0n) is 78.2. The van der Waals surface area contributed by atoms with Crippen LogP contribution in [0.4, 0.5) is 13.2 Å². The Labute approximate surface area is 798 Å². The summed E-state index contributed by atoms with van der Waals surface area (Å²) >= 11 is 0.725. The van der Waals surface area contributed by atoms with E-state index in [0.717, 1.165) is 46.8 Å². The number of aromatic amines is 3. The van der Waals surface area contributed by atoms with Crippen LogP contribution in [-0.4, -0.2) is 316 Å². The van der Waals surface area contributed by atoms with E-state index in [0.29, 0.717) is 64.2 Å². The van der Waals surface area contributed by atoms with Gasteiger partial charge in [0, 0.05) is 131 Å². The predicted molar refractivity (Wildman–Crippen MR) is 498 cm³/mol. The summed E-state index contributed by atoms with van der Waals surface area (Å²) in [6.45, 7) is 3.87. The number of carbonyl (C=O) groups excluding carboxylic acids is 17. The molecule has 2 aliphatic heterocycles. The summed E-state index contributed by atoms with van der Waals surface area (Å²) in [7, 11) is 3.80. The topological polar surface area (TPSA) is 631 Å². The number of carboxylic acids is 1. The molecule has 2 aliphatic rings. The number of aliphatic carboxylic acids is 1. The summed E-state index contributed by atoms with van der Waals surface area (Å²) in [4.78, 5) is 280. The summed E-state index contributed by atoms with van der Waals surface area (Å²) in [5.74, 6) is -22.6. The van der Waals surface area contributed by atoms with Crippen molar-refractivity contribution in [3.63, 3.8) is 0 Å². The highest BCUT2D eigenvalue weighted by Crippen LogP contribution is 2.30. The maximum Gasteiger partial charge on any atom is 0.390 e. The third-order valence-corrected chi connectivity index (χ3v) is 25.1. The van der Waals surface area contributed by atoms with Crippen LogP contribution in [0.5, 0.6) is 5.75 Å². The first-order valence-electron chi connectivity index (χ1n) is 45.7. The molecular formula is C92H126F3N21O21S. The number of carbonyl (C=O) groups is 18. The number of carboxylic acid groups (broad SMARTS) is 1. The van der Waals surface area contributed by atoms with Crippen LogP contribution in [0.2, 0.25) is 0 Å². The second kappa shape index (κ2) is 52.1. The largest absolute Gasteiger partial charge is 0.508 e. The minimum absolute atomic E-state index is 0.00264. The van der Waals surface area contributed by atoms with Gasteiger partial charge in [-0.25, -0.2) is 4.98 Å². The number of nitrogens with two attached hydrogens (primary N) is 3. The van der Waals surface area contributed by atoms with Gasteiger partial charge in [0.15, 0.2) is 5.78 Å². The number of nitrogens with zero attached hydrogens (tertiary/aromatic N) is 6. The van der Waals surface area contributed by atoms with Gasteiger partial charge >= 0.3 is 12.1 Å². The first-order valence-corrected chi connectivity index (χ1v) is 46.8. The molecule has 5 heterocycles. The van der Waals surface area contributed by atoms with Gasteiger partial charge in [0.25, 0.3) is 0 Å². The molecule has 0 saturated carbocycles. The van der Waals surface area contributed by atoms with Gasteiger partial charge in [-0.05, 0) is 98.9 Å². The number of para-hydroxylation sites is 2. The molecule has 0 spiro atoms. The number of ketones is 1. The molecule has 3 aromatic carbocycles. The van der Waals surface area contributed by atoms with E-state index in [1.54, 1.807) is 74.8 Å². The van der Waals surface area contributed by atoms with Crippen molar-refractivity contribution in [3.8, 4) is 5.75 Å². The Kier molecular flexibility index (Phi) is 41.5. The van der Waals surface area contributed by atoms with E-state index in [1.807, 2.05) is 13.8 Å². The summed E-state index contributed by atoms with van der Waals surface area (Å²) in [5, 5.41) is 55.9. The maximum atomic E-state index is 15.8. The van der Waals surface area contributed by atoms with E-state index < -0.39 is 280 Å². The van der Waals surface area contributed by atoms with E-state index in [2.05, 4.69) is 67.8 Å². The fourth-order valence-electron chi connectivity index (χ4n) is 16.4. The molecule has 8 rings (SSSR count). The third kappa shape index (κ3) is 32.3. The number of unbranched alkanes of at least 4 members (excludes halogenated alkanes) is 2. The fourth-order valence-corrected chi connectivity index (χ4v) is 17.3. The first-order chi connectivity index (χ1) is 65.4. The maximum absolute atomic E-state index is 15.8. The lowest BCUT2D eigenvalue weighted by Gasteiger charge is -2.36. The highest BCUT2D eigenvalue weighted by molar-refractivity contribution is 8.00. The summed E-state index contributed by atoms with van der Waals surface area (Å²) in [6.07, 6.45) is -6.98. The van der Waals surface area contributed by atoms with Crippen molar-refractivity contribution in [1.29, 1.82) is 0 Å². The number of halogens is 3. The number of hydrogen-bond acceptors (Lipinski definition) is 23. The van der Waals surface area contributed by atoms with Gasteiger partial charge in [-0.1, -0.05) is 102 Å². The lowest BCUT2D eigenvalue weighted by Crippen LogP contribution is -2.60. The number of primary amides is 2. The number of amides is 16. The molecule has 21 N–H and O–H groups in total. The number of fused-ring (bicyclic) bond motifs is 3. The van der Waals surface area contributed by atoms with E-state index >= 15 is 33.6 Å². The number of likely N-dealkylation sites (N-methyl/N-ethyl adjacent to an activating group) is 3. The fraction of sp³-hybridized carbons (Fsp3) is 0.533. The Morgan fingerprint density at radius 2 is 1.16 bits per heavy atom. The second-order valence-electron chi connectivity index (χ2n) is 35.1. The minimum atomic E-state index is -5.07. The Bertz CT molecular complexity index is 5290. The molecule has 0 aliphatic carbocycles. The number of nitrogens with one attached hydrogen (secondary N) is 12. The molecule has 0 bridgehead atoms. The van der Waals surface area contributed by atoms with Crippen molar-refractivity contribution in [1.82, 2.24) is 92.3 Å². The van der Waals surface area contributed by atoms with Crippen molar-refractivity contribution in [2.45, 2.75) is 235 Å². The highest BCUT2D eigenvalue weighted by atomic mass is 32.2. The van der Waals surface area contributed by atoms with Crippen molar-refractivity contribution >= 4 is 140 Å². The summed E-state index contributed by atoms with van der Waals surface area (Å²) in [6, 6.07) is -0.725. The minimum Gasteiger partial charge on any atom is -0.508 e. The molecule has 752 valence electrons. The molecule has 2 saturated heterocycles. The number of imidazole rings is 1. The number of alkyl halides is 3. The predicted octanol–water partition coefficient (Wildman–Crippen LogP) is -0.0902. The Morgan fingerprint density at radius 1 is 0.594 bits per heavy atom. The SMILES string of the molecule is CCCC[C@H]1C(=O)N(C)[C@@H](CCCC)C(=O)N[C@@H](CC(C)C)C(=O)N[C@H](C(=O)NCC(N)=O)CSCC(=O)N[C@@H](Cc2ccc(O)cc2)C(=O)N(C)[C@@H](C)C(=O)N[C@@H](CC(N)=O)C(=O)N(CCC(F)(F)F)CC(=O)N[C@@H](Cc2cnc[nH]2)C(=O)N[C@@H](CCC(=O)O)C(=O)N2C[C@H](O)C[C@H]2C(=O)C[C@@H](Cc2c[nH]c3ccccc23)C(=O)N[C@@H](CCN)C(=O)N[C@@H](Cc2c[nH]c3ccccc23)C(=O)N1C. The van der Waals surface area contributed by atoms with Crippen LogP contribution < -0.4 is 65.1 Å². The quantitative estimate of drug-likeness (QED) is 0.0305. The number of aliphatic hydroxyl groups excluding tert-OH is 1. The van der Waals surface area contributed by atoms with E-state index in [-0.39, 0.29) is 73.8 Å². The molecule has 16 amide bonds. The number of Topliss-reactive ketones (excluding diaryl/α,β-unsaturated/α-hetero) is 1. The molecule has 0 unspecified atom stereocenters. The van der Waals surface area contributed by atoms with Gasteiger partial charge in [0.2, 0.25) is 94.5 Å². The summed E-state index contributed by atoms with van der Waals surface area (Å²) in [5.41, 5.74) is 19.9. The van der Waals surface area contributed by atoms with Crippen LogP contribution in [0.3, 0.4) is 0 Å². The smallest absolute Gasteiger partial charge is 0.390 e. The molecule has 42 nitrogen and oxygen atoms in total. The van der Waals surface area contributed by atoms with Crippen LogP contribution in [0, 0.1) is 11.8 Å². The van der Waals surface area contributed by atoms with E-state index in [9.17, 15) is 81.2 Å². The monoisotopic (exact) mass is 1950 g/mol. The van der Waals surface area contributed by atoms with Crippen molar-refractivity contribution < 1.29 is 115 Å². The van der Waals surface area contributed by atoms with Crippen LogP contribution in [-0.2, 0) is 112 Å². The number of aliphatic hydroxyl groups is 1. The van der Waals surface area contributed by atoms with Crippen LogP contribution in [0.1, 0.15) is 147 Å². The zero-order valence-corrected chi connectivity index (χ0v) is 79.0. The van der Waals surface area contributed by atoms with Gasteiger partial charge in [-0.3, -0.25) is 86.3 Å². The van der Waals surface area contributed by atoms with Gasteiger partial charge in [0.05, 0.1) is 50.2 Å². The number of phenols is 1. The Morgan fingerprint density at radius 3 is 1.75 bits per heavy atom. The number of benzene rings is 3. The van der Waals surface area contributed by atoms with Crippen molar-refractivity contribution in [3.05, 3.63) is 120 Å². The molecule has 3 aromatic heterocycles. The van der Waals surface area contributed by atoms with Gasteiger partial charge in [-0.15, -0.1) is 11.8 Å². The molecule has 0 radical (unpaired) electrons. The van der Waals surface area contributed by atoms with Gasteiger partial charge in [0.1, 0.15) is 72.2 Å². The number of H-pyrrole nitrogens is 3. The number of phenolic OH excluding ortho intramolecular Hbond substituents is 1. The van der Waals surface area contributed by atoms with Gasteiger partial charge < -0.3 is 120 Å². The zero-order chi connectivity index (χ0) is 102. The van der Waals surface area contributed by atoms with E-state index in [4.69, 9.17) is 17.2 Å². The second-order valence-corrected chi connectivity index (χ2v) is 36.2. The molecule has 6 aromatic rings. The highest BCUT2D eigenvalue weighted by Gasteiger charge is 2.46. The standard InChI is InChI=1S/C92H126F3N21O21S/c1-9-11-21-71-86(132)108-65(33-50(3)4)84(130)111-70(82(128)102-44-76(98)121)47-138-48-78(123)105-67(34-52-23-25-57(117)26-24-52)87(133)112(6)51(5)80(126)109-69(40-75(97)120)89(135)115(32-30-92(93,94)95)46-77(122)104-66(38-56-43-99-49-103-56)85(131)107-64(27-28-79(124)125)90(136)116-45-58(118)39-73(116)74(119)37-53(35-54-41-100-61-19-15-13-17-59(54)61)81(127)106-63(29-31-96)83(129)110-68(36-55-42-101-62-20-16-14-18-60(55)62)88(134)114(8)72(22-12-10-2)91(137)113(71)7/h13-20,23-26,41-43,49-51,53,58,63-73,100-101,117-118H,9-12,21-22,27-40,44-48,96H2,1-8H3,(H2,97,120)(H2,98,121)(H,99,103)(H,102,128)(H,104,122)(H,105,123)(H,106,127)(H,107,131)(H,108,132)(H,109,126)(H,110,129)(H,111,130)(H,124,125)/t51-,53+,58+,63-,64-,65-,66-,67-,68-,69-,70-,71-,72-,73-/m0/s1. The molecule has 46 heteroatoms. The Balaban J connectivity index is 1.22. The molecule has 138 heavy (non-hydrogen) atoms. The lowest BCUT2D eigenvalue weighted by molar-refractivity contribution is -0.151.